The number of hydrogen-bond acceptors (Lipinski definition) is 4. The van der Waals surface area contributed by atoms with Crippen LogP contribution in [-0.2, 0) is 6.42 Å². The van der Waals surface area contributed by atoms with Crippen molar-refractivity contribution in [3.8, 4) is 0 Å². The molecule has 0 bridgehead atoms. The number of halogens is 3. The van der Waals surface area contributed by atoms with Crippen molar-refractivity contribution < 1.29 is 18.1 Å². The normalized spacial score (nSPS) is 13.9. The Morgan fingerprint density at radius 2 is 2.27 bits per heavy atom. The van der Waals surface area contributed by atoms with Gasteiger partial charge in [0.15, 0.2) is 0 Å². The number of nitrogens with zero attached hydrogens (tertiary/aromatic N) is 2. The molecular formula is C6H7F3N4O2. The lowest BCUT2D eigenvalue weighted by atomic mass is 10.1. The molecule has 0 aliphatic carbocycles. The van der Waals surface area contributed by atoms with Crippen LogP contribution in [0.25, 0.3) is 0 Å². The molecule has 0 spiro atoms. The number of H-pyrrole nitrogens is 1. The molecule has 0 fully saturated rings. The minimum atomic E-state index is -4.53. The van der Waals surface area contributed by atoms with Crippen molar-refractivity contribution in [3.05, 3.63) is 21.9 Å². The van der Waals surface area contributed by atoms with Crippen LogP contribution < -0.4 is 5.73 Å². The molecule has 0 aliphatic rings. The summed E-state index contributed by atoms with van der Waals surface area (Å²) in [6.07, 6.45) is -5.12. The molecule has 0 saturated heterocycles. The summed E-state index contributed by atoms with van der Waals surface area (Å²) < 4.78 is 36.0. The second kappa shape index (κ2) is 3.85. The zero-order valence-electron chi connectivity index (χ0n) is 7.28. The van der Waals surface area contributed by atoms with E-state index < -0.39 is 29.4 Å². The van der Waals surface area contributed by atoms with Crippen LogP contribution in [-0.4, -0.2) is 27.3 Å². The monoisotopic (exact) mass is 224 g/mol. The summed E-state index contributed by atoms with van der Waals surface area (Å²) in [6.45, 7) is 0. The minimum Gasteiger partial charge on any atom is -0.358 e. The number of aromatic nitrogens is 2. The van der Waals surface area contributed by atoms with Gasteiger partial charge in [0.1, 0.15) is 6.04 Å². The third kappa shape index (κ3) is 2.91. The van der Waals surface area contributed by atoms with Gasteiger partial charge in [-0.1, -0.05) is 5.10 Å². The molecular weight excluding hydrogens is 217 g/mol. The van der Waals surface area contributed by atoms with E-state index >= 15 is 0 Å². The summed E-state index contributed by atoms with van der Waals surface area (Å²) in [6, 6.07) is -1.15. The summed E-state index contributed by atoms with van der Waals surface area (Å²) in [5, 5.41) is 15.5. The van der Waals surface area contributed by atoms with Crippen LogP contribution in [0.15, 0.2) is 6.07 Å². The predicted octanol–water partition coefficient (Wildman–Crippen LogP) is 0.750. The Bertz CT molecular complexity index is 362. The lowest BCUT2D eigenvalue weighted by Gasteiger charge is -2.13. The smallest absolute Gasteiger partial charge is 0.358 e. The fourth-order valence-electron chi connectivity index (χ4n) is 0.891. The molecule has 1 unspecified atom stereocenters. The van der Waals surface area contributed by atoms with Gasteiger partial charge in [-0.3, -0.25) is 0 Å². The lowest BCUT2D eigenvalue weighted by molar-refractivity contribution is -0.389. The quantitative estimate of drug-likeness (QED) is 0.584. The van der Waals surface area contributed by atoms with Crippen molar-refractivity contribution in [2.24, 2.45) is 5.73 Å². The van der Waals surface area contributed by atoms with Crippen LogP contribution in [0.3, 0.4) is 0 Å². The zero-order valence-corrected chi connectivity index (χ0v) is 7.28. The highest BCUT2D eigenvalue weighted by Crippen LogP contribution is 2.21. The van der Waals surface area contributed by atoms with Gasteiger partial charge in [0, 0.05) is 6.42 Å². The van der Waals surface area contributed by atoms with Crippen LogP contribution in [0, 0.1) is 10.1 Å². The molecule has 1 heterocycles. The first-order valence-electron chi connectivity index (χ1n) is 3.81. The topological polar surface area (TPSA) is 97.8 Å². The van der Waals surface area contributed by atoms with Gasteiger partial charge < -0.3 is 15.8 Å². The fraction of sp³-hybridized carbons (Fsp3) is 0.500. The van der Waals surface area contributed by atoms with Crippen molar-refractivity contribution in [2.45, 2.75) is 18.6 Å². The summed E-state index contributed by atoms with van der Waals surface area (Å²) in [5.41, 5.74) is 4.73. The second-order valence-corrected chi connectivity index (χ2v) is 2.85. The molecule has 9 heteroatoms. The van der Waals surface area contributed by atoms with Gasteiger partial charge in [0.2, 0.25) is 0 Å². The molecule has 0 radical (unpaired) electrons. The highest BCUT2D eigenvalue weighted by Gasteiger charge is 2.37. The van der Waals surface area contributed by atoms with E-state index in [1.807, 2.05) is 5.10 Å². The first-order valence-corrected chi connectivity index (χ1v) is 3.81. The Balaban J connectivity index is 2.69. The maximum absolute atomic E-state index is 12.0. The Hall–Kier alpha value is -1.64. The fourth-order valence-corrected chi connectivity index (χ4v) is 0.891. The van der Waals surface area contributed by atoms with E-state index in [1.165, 1.54) is 0 Å². The van der Waals surface area contributed by atoms with E-state index in [0.29, 0.717) is 0 Å². The van der Waals surface area contributed by atoms with Gasteiger partial charge in [-0.25, -0.2) is 0 Å². The van der Waals surface area contributed by atoms with Crippen LogP contribution in [0.4, 0.5) is 19.0 Å². The Morgan fingerprint density at radius 3 is 2.67 bits per heavy atom. The molecule has 0 aliphatic heterocycles. The van der Waals surface area contributed by atoms with E-state index in [2.05, 4.69) is 5.10 Å². The third-order valence-corrected chi connectivity index (χ3v) is 1.66. The molecule has 3 N–H and O–H groups in total. The summed E-state index contributed by atoms with van der Waals surface area (Å²) in [4.78, 5) is 9.40. The maximum Gasteiger partial charge on any atom is 0.404 e. The molecule has 15 heavy (non-hydrogen) atoms. The molecule has 1 aromatic rings. The molecule has 1 rings (SSSR count). The minimum absolute atomic E-state index is 0.0912. The molecule has 0 aromatic carbocycles. The summed E-state index contributed by atoms with van der Waals surface area (Å²) in [7, 11) is 0. The number of nitrogens with one attached hydrogen (secondary N) is 1. The number of rotatable bonds is 3. The molecule has 84 valence electrons. The average molecular weight is 224 g/mol. The van der Waals surface area contributed by atoms with Gasteiger partial charge in [-0.15, -0.1) is 5.10 Å². The lowest BCUT2D eigenvalue weighted by Crippen LogP contribution is -2.39. The highest BCUT2D eigenvalue weighted by atomic mass is 19.4. The Kier molecular flexibility index (Phi) is 2.93. The number of nitrogens with two attached hydrogens (primary N) is 1. The van der Waals surface area contributed by atoms with Crippen molar-refractivity contribution in [1.82, 2.24) is 10.2 Å². The van der Waals surface area contributed by atoms with E-state index in [1.54, 1.807) is 0 Å². The van der Waals surface area contributed by atoms with Crippen LogP contribution in [0.5, 0.6) is 0 Å². The number of aromatic amines is 1. The van der Waals surface area contributed by atoms with Gasteiger partial charge in [-0.2, -0.15) is 13.2 Å². The van der Waals surface area contributed by atoms with Crippen LogP contribution in [0.2, 0.25) is 0 Å². The Morgan fingerprint density at radius 1 is 1.67 bits per heavy atom. The molecule has 1 atom stereocenters. The summed E-state index contributed by atoms with van der Waals surface area (Å²) in [5.74, 6) is -0.459. The van der Waals surface area contributed by atoms with Crippen molar-refractivity contribution >= 4 is 5.82 Å². The maximum atomic E-state index is 12.0. The number of hydrogen-bond donors (Lipinski definition) is 2. The highest BCUT2D eigenvalue weighted by molar-refractivity contribution is 5.21. The zero-order chi connectivity index (χ0) is 11.6. The number of alkyl halides is 3. The van der Waals surface area contributed by atoms with E-state index in [4.69, 9.17) is 5.73 Å². The Labute approximate surface area is 81.4 Å². The standard InChI is InChI=1S/C6H7F3N4O2/c7-6(8,9)4(10)1-3-2-5(12-11-3)13(14)15/h2,4H,1,10H2,(H,11,12). The van der Waals surface area contributed by atoms with E-state index in [-0.39, 0.29) is 5.69 Å². The molecule has 1 aromatic heterocycles. The SMILES string of the molecule is NC(Cc1cc([N+](=O)[O-])[nH]n1)C(F)(F)F. The van der Waals surface area contributed by atoms with E-state index in [0.717, 1.165) is 6.07 Å². The molecule has 0 amide bonds. The first-order chi connectivity index (χ1) is 6.80. The van der Waals surface area contributed by atoms with Crippen molar-refractivity contribution in [2.75, 3.05) is 0 Å². The average Bonchev–Trinajstić information content (AvgIpc) is 2.50. The van der Waals surface area contributed by atoms with Crippen LogP contribution >= 0.6 is 0 Å². The van der Waals surface area contributed by atoms with Gasteiger partial charge >= 0.3 is 12.0 Å². The first kappa shape index (κ1) is 11.4. The van der Waals surface area contributed by atoms with Gasteiger partial charge in [0.05, 0.1) is 11.8 Å². The van der Waals surface area contributed by atoms with E-state index in [9.17, 15) is 23.3 Å². The predicted molar refractivity (Wildman–Crippen MR) is 43.0 cm³/mol. The van der Waals surface area contributed by atoms with Crippen molar-refractivity contribution in [1.29, 1.82) is 0 Å². The van der Waals surface area contributed by atoms with Gasteiger partial charge in [-0.05, 0) is 4.92 Å². The van der Waals surface area contributed by atoms with Crippen molar-refractivity contribution in [3.63, 3.8) is 0 Å². The molecule has 6 nitrogen and oxygen atoms in total. The third-order valence-electron chi connectivity index (χ3n) is 1.66. The number of nitro groups is 1. The molecule has 0 saturated carbocycles. The van der Waals surface area contributed by atoms with Crippen LogP contribution in [0.1, 0.15) is 5.69 Å². The summed E-state index contributed by atoms with van der Waals surface area (Å²) >= 11 is 0. The largest absolute Gasteiger partial charge is 0.404 e. The van der Waals surface area contributed by atoms with Gasteiger partial charge in [0.25, 0.3) is 0 Å². The second-order valence-electron chi connectivity index (χ2n) is 2.85.